The molecule has 0 bridgehead atoms. The summed E-state index contributed by atoms with van der Waals surface area (Å²) in [5.74, 6) is -1.15. The topological polar surface area (TPSA) is 127 Å². The molecule has 10 heteroatoms. The average Bonchev–Trinajstić information content (AvgIpc) is 3.38. The Kier molecular flexibility index (Phi) is 5.96. The number of ether oxygens (including phenoxy) is 3. The van der Waals surface area contributed by atoms with Crippen LogP contribution in [0, 0.1) is 6.92 Å². The van der Waals surface area contributed by atoms with Gasteiger partial charge in [-0.15, -0.1) is 0 Å². The van der Waals surface area contributed by atoms with E-state index in [0.29, 0.717) is 5.56 Å². The van der Waals surface area contributed by atoms with E-state index < -0.39 is 41.4 Å². The summed E-state index contributed by atoms with van der Waals surface area (Å²) < 4.78 is 19.7. The van der Waals surface area contributed by atoms with Crippen molar-refractivity contribution in [3.63, 3.8) is 0 Å². The molecule has 35 heavy (non-hydrogen) atoms. The van der Waals surface area contributed by atoms with Gasteiger partial charge in [0.1, 0.15) is 18.3 Å². The predicted molar refractivity (Wildman–Crippen MR) is 129 cm³/mol. The molecule has 2 fully saturated rings. The highest BCUT2D eigenvalue weighted by Gasteiger charge is 2.52. The number of H-pyrrole nitrogens is 2. The van der Waals surface area contributed by atoms with E-state index in [0.717, 1.165) is 16.5 Å². The number of aromatic amines is 2. The minimum absolute atomic E-state index is 0.164. The molecular weight excluding hydrogens is 452 g/mol. The molecule has 2 aliphatic heterocycles. The van der Waals surface area contributed by atoms with Crippen LogP contribution in [0.2, 0.25) is 0 Å². The smallest absolute Gasteiger partial charge is 0.328 e. The van der Waals surface area contributed by atoms with Crippen molar-refractivity contribution in [1.29, 1.82) is 0 Å². The van der Waals surface area contributed by atoms with Crippen molar-refractivity contribution >= 4 is 22.9 Å². The molecule has 184 valence electrons. The Morgan fingerprint density at radius 1 is 1.23 bits per heavy atom. The first kappa shape index (κ1) is 23.3. The largest absolute Gasteiger partial charge is 0.371 e. The number of rotatable bonds is 5. The number of nitrogens with one attached hydrogen (secondary N) is 3. The monoisotopic (exact) mass is 480 g/mol. The Bertz CT molecular complexity index is 1400. The zero-order chi connectivity index (χ0) is 24.7. The number of fused-ring (bicyclic) bond motifs is 2. The third kappa shape index (κ3) is 4.60. The zero-order valence-electron chi connectivity index (χ0n) is 19.7. The number of carbonyl (C=O) groups is 1. The minimum atomic E-state index is -0.889. The molecule has 0 radical (unpaired) electrons. The van der Waals surface area contributed by atoms with Gasteiger partial charge in [0, 0.05) is 41.5 Å². The molecule has 0 saturated carbocycles. The Labute approximate surface area is 200 Å². The lowest BCUT2D eigenvalue weighted by Gasteiger charge is -2.37. The molecule has 0 unspecified atom stereocenters. The van der Waals surface area contributed by atoms with Crippen LogP contribution in [0.5, 0.6) is 0 Å². The van der Waals surface area contributed by atoms with E-state index in [4.69, 9.17) is 14.2 Å². The van der Waals surface area contributed by atoms with Crippen LogP contribution >= 0.6 is 0 Å². The third-order valence-electron chi connectivity index (χ3n) is 6.41. The maximum absolute atomic E-state index is 12.5. The van der Waals surface area contributed by atoms with Gasteiger partial charge in [0.25, 0.3) is 5.56 Å². The van der Waals surface area contributed by atoms with E-state index >= 15 is 0 Å². The number of amides is 1. The van der Waals surface area contributed by atoms with Crippen molar-refractivity contribution in [3.05, 3.63) is 74.7 Å². The van der Waals surface area contributed by atoms with Crippen LogP contribution in [0.1, 0.15) is 31.0 Å². The maximum Gasteiger partial charge on any atom is 0.328 e. The van der Waals surface area contributed by atoms with Gasteiger partial charge in [-0.1, -0.05) is 18.2 Å². The number of hydrogen-bond donors (Lipinski definition) is 3. The highest BCUT2D eigenvalue weighted by atomic mass is 16.8. The molecule has 1 aromatic carbocycles. The SMILES string of the molecule is Cc1cn([C@@H]2CO[C@H](CNC(=O)C=Cc3c[nH]c4ccccc34)[C@@H]3OC(C)(C)O[C@@H]32)c(=O)[nH]c1=O. The average molecular weight is 481 g/mol. The van der Waals surface area contributed by atoms with Gasteiger partial charge in [-0.05, 0) is 38.5 Å². The maximum atomic E-state index is 12.5. The Morgan fingerprint density at radius 2 is 2.00 bits per heavy atom. The molecule has 2 aliphatic rings. The van der Waals surface area contributed by atoms with E-state index in [1.165, 1.54) is 16.8 Å². The van der Waals surface area contributed by atoms with Crippen LogP contribution in [0.25, 0.3) is 17.0 Å². The molecule has 0 aliphatic carbocycles. The second-order valence-electron chi connectivity index (χ2n) is 9.35. The van der Waals surface area contributed by atoms with E-state index in [1.54, 1.807) is 26.8 Å². The van der Waals surface area contributed by atoms with Crippen LogP contribution in [0.3, 0.4) is 0 Å². The third-order valence-corrected chi connectivity index (χ3v) is 6.41. The van der Waals surface area contributed by atoms with Crippen LogP contribution < -0.4 is 16.6 Å². The second kappa shape index (κ2) is 8.95. The van der Waals surface area contributed by atoms with Gasteiger partial charge in [0.05, 0.1) is 12.6 Å². The lowest BCUT2D eigenvalue weighted by atomic mass is 9.97. The summed E-state index contributed by atoms with van der Waals surface area (Å²) >= 11 is 0. The van der Waals surface area contributed by atoms with Crippen molar-refractivity contribution in [2.24, 2.45) is 0 Å². The van der Waals surface area contributed by atoms with E-state index in [1.807, 2.05) is 30.5 Å². The Balaban J connectivity index is 1.28. The lowest BCUT2D eigenvalue weighted by Crippen LogP contribution is -2.54. The van der Waals surface area contributed by atoms with Crippen LogP contribution in [-0.2, 0) is 19.0 Å². The van der Waals surface area contributed by atoms with Gasteiger partial charge in [-0.3, -0.25) is 19.1 Å². The molecule has 0 spiro atoms. The predicted octanol–water partition coefficient (Wildman–Crippen LogP) is 1.62. The zero-order valence-corrected chi connectivity index (χ0v) is 19.7. The summed E-state index contributed by atoms with van der Waals surface area (Å²) in [5, 5.41) is 3.91. The van der Waals surface area contributed by atoms with Crippen molar-refractivity contribution in [2.75, 3.05) is 13.2 Å². The Morgan fingerprint density at radius 3 is 2.83 bits per heavy atom. The van der Waals surface area contributed by atoms with Crippen molar-refractivity contribution in [2.45, 2.75) is 50.9 Å². The van der Waals surface area contributed by atoms with Gasteiger partial charge >= 0.3 is 5.69 Å². The minimum Gasteiger partial charge on any atom is -0.371 e. The number of carbonyl (C=O) groups excluding carboxylic acids is 1. The standard InChI is InChI=1S/C25H28N4O6/c1-14-12-29(24(32)28-23(14)31)18-13-33-19(22-21(18)34-25(2,3)35-22)11-27-20(30)9-8-15-10-26-17-7-5-4-6-16(15)17/h4-10,12,18-19,21-22,26H,11,13H2,1-3H3,(H,27,30)(H,28,31,32)/t18-,19-,21-,22+/m1/s1. The Hall–Kier alpha value is -3.47. The van der Waals surface area contributed by atoms with Gasteiger partial charge in [-0.25, -0.2) is 4.79 Å². The van der Waals surface area contributed by atoms with Crippen molar-refractivity contribution in [1.82, 2.24) is 19.9 Å². The van der Waals surface area contributed by atoms with E-state index in [9.17, 15) is 14.4 Å². The van der Waals surface area contributed by atoms with Gasteiger partial charge < -0.3 is 24.5 Å². The number of aromatic nitrogens is 3. The first-order chi connectivity index (χ1) is 16.7. The summed E-state index contributed by atoms with van der Waals surface area (Å²) in [6.07, 6.45) is 5.14. The number of aryl methyl sites for hydroxylation is 1. The molecule has 2 saturated heterocycles. The van der Waals surface area contributed by atoms with Gasteiger partial charge in [0.2, 0.25) is 5.91 Å². The fourth-order valence-corrected chi connectivity index (χ4v) is 4.72. The molecule has 10 nitrogen and oxygen atoms in total. The summed E-state index contributed by atoms with van der Waals surface area (Å²) in [6, 6.07) is 7.38. The molecule has 3 N–H and O–H groups in total. The number of hydrogen-bond acceptors (Lipinski definition) is 6. The normalized spacial score (nSPS) is 25.7. The van der Waals surface area contributed by atoms with Crippen LogP contribution in [-0.4, -0.2) is 57.7 Å². The van der Waals surface area contributed by atoms with Gasteiger partial charge in [-0.2, -0.15) is 0 Å². The van der Waals surface area contributed by atoms with Gasteiger partial charge in [0.15, 0.2) is 5.79 Å². The van der Waals surface area contributed by atoms with Crippen LogP contribution in [0.15, 0.2) is 52.3 Å². The number of nitrogens with zero attached hydrogens (tertiary/aromatic N) is 1. The molecular formula is C25H28N4O6. The first-order valence-electron chi connectivity index (χ1n) is 11.5. The summed E-state index contributed by atoms with van der Waals surface area (Å²) in [7, 11) is 0. The molecule has 4 heterocycles. The number of para-hydroxylation sites is 1. The highest BCUT2D eigenvalue weighted by molar-refractivity contribution is 5.96. The lowest BCUT2D eigenvalue weighted by molar-refractivity contribution is -0.153. The molecule has 4 atom stereocenters. The fraction of sp³-hybridized carbons (Fsp3) is 0.400. The molecule has 5 rings (SSSR count). The summed E-state index contributed by atoms with van der Waals surface area (Å²) in [6.45, 7) is 5.60. The number of benzene rings is 1. The second-order valence-corrected chi connectivity index (χ2v) is 9.35. The van der Waals surface area contributed by atoms with Crippen molar-refractivity contribution < 1.29 is 19.0 Å². The summed E-state index contributed by atoms with van der Waals surface area (Å²) in [5.41, 5.74) is 1.38. The quantitative estimate of drug-likeness (QED) is 0.476. The molecule has 3 aromatic rings. The molecule has 2 aromatic heterocycles. The first-order valence-corrected chi connectivity index (χ1v) is 11.5. The highest BCUT2D eigenvalue weighted by Crippen LogP contribution is 2.39. The summed E-state index contributed by atoms with van der Waals surface area (Å²) in [4.78, 5) is 42.3. The fourth-order valence-electron chi connectivity index (χ4n) is 4.72. The van der Waals surface area contributed by atoms with E-state index in [2.05, 4.69) is 15.3 Å². The van der Waals surface area contributed by atoms with Crippen LogP contribution in [0.4, 0.5) is 0 Å². The van der Waals surface area contributed by atoms with E-state index in [-0.39, 0.29) is 19.1 Å². The molecule has 1 amide bonds. The van der Waals surface area contributed by atoms with Crippen molar-refractivity contribution in [3.8, 4) is 0 Å².